The number of benzene rings is 1. The van der Waals surface area contributed by atoms with Crippen LogP contribution in [0.2, 0.25) is 0 Å². The van der Waals surface area contributed by atoms with Crippen molar-refractivity contribution in [2.75, 3.05) is 26.7 Å². The Morgan fingerprint density at radius 3 is 2.63 bits per heavy atom. The summed E-state index contributed by atoms with van der Waals surface area (Å²) in [6, 6.07) is 7.83. The van der Waals surface area contributed by atoms with Crippen LogP contribution in [-0.4, -0.2) is 42.8 Å². The van der Waals surface area contributed by atoms with E-state index in [1.54, 1.807) is 7.05 Å². The second kappa shape index (κ2) is 6.91. The van der Waals surface area contributed by atoms with E-state index in [9.17, 15) is 4.79 Å². The molecule has 1 rings (SSSR count). The van der Waals surface area contributed by atoms with Crippen LogP contribution >= 0.6 is 15.9 Å². The summed E-state index contributed by atoms with van der Waals surface area (Å²) in [5, 5.41) is 11.7. The van der Waals surface area contributed by atoms with Gasteiger partial charge in [-0.15, -0.1) is 0 Å². The number of carbonyl (C=O) groups is 1. The van der Waals surface area contributed by atoms with E-state index in [0.29, 0.717) is 13.1 Å². The van der Waals surface area contributed by atoms with E-state index in [-0.39, 0.29) is 18.1 Å². The van der Waals surface area contributed by atoms with Crippen molar-refractivity contribution in [2.24, 2.45) is 0 Å². The van der Waals surface area contributed by atoms with Crippen LogP contribution in [0, 0.1) is 0 Å². The molecule has 0 aliphatic heterocycles. The van der Waals surface area contributed by atoms with E-state index in [2.05, 4.69) is 35.1 Å². The Hall–Kier alpha value is -1.07. The molecule has 0 spiro atoms. The molecule has 0 saturated carbocycles. The first-order valence-corrected chi connectivity index (χ1v) is 7.02. The minimum absolute atomic E-state index is 0.0302. The number of nitrogens with one attached hydrogen (secondary N) is 1. The fourth-order valence-corrected chi connectivity index (χ4v) is 2.61. The van der Waals surface area contributed by atoms with E-state index in [1.165, 1.54) is 4.90 Å². The molecule has 0 saturated heterocycles. The molecule has 0 bridgehead atoms. The Morgan fingerprint density at radius 2 is 2.05 bits per heavy atom. The molecule has 4 nitrogen and oxygen atoms in total. The summed E-state index contributed by atoms with van der Waals surface area (Å²) in [6.45, 7) is 5.00. The predicted octanol–water partition coefficient (Wildman–Crippen LogP) is 2.36. The number of hydrogen-bond acceptors (Lipinski definition) is 2. The maximum Gasteiger partial charge on any atom is 0.317 e. The molecule has 0 radical (unpaired) electrons. The van der Waals surface area contributed by atoms with Crippen LogP contribution in [0.15, 0.2) is 28.7 Å². The second-order valence-electron chi connectivity index (χ2n) is 5.17. The van der Waals surface area contributed by atoms with Gasteiger partial charge in [-0.25, -0.2) is 4.79 Å². The topological polar surface area (TPSA) is 52.6 Å². The largest absolute Gasteiger partial charge is 0.395 e. The lowest BCUT2D eigenvalue weighted by Crippen LogP contribution is -2.44. The zero-order valence-corrected chi connectivity index (χ0v) is 13.2. The van der Waals surface area contributed by atoms with Gasteiger partial charge in [0.15, 0.2) is 0 Å². The Morgan fingerprint density at radius 1 is 1.42 bits per heavy atom. The van der Waals surface area contributed by atoms with Crippen molar-refractivity contribution in [1.82, 2.24) is 10.2 Å². The van der Waals surface area contributed by atoms with Crippen LogP contribution < -0.4 is 5.32 Å². The second-order valence-corrected chi connectivity index (χ2v) is 6.02. The van der Waals surface area contributed by atoms with Crippen molar-refractivity contribution in [2.45, 2.75) is 19.3 Å². The van der Waals surface area contributed by atoms with E-state index >= 15 is 0 Å². The Labute approximate surface area is 122 Å². The van der Waals surface area contributed by atoms with Gasteiger partial charge >= 0.3 is 6.03 Å². The van der Waals surface area contributed by atoms with Gasteiger partial charge in [-0.2, -0.15) is 0 Å². The number of likely N-dealkylation sites (N-methyl/N-ethyl adjacent to an activating group) is 1. The summed E-state index contributed by atoms with van der Waals surface area (Å²) < 4.78 is 1.04. The van der Waals surface area contributed by atoms with Gasteiger partial charge in [0.25, 0.3) is 0 Å². The van der Waals surface area contributed by atoms with Gasteiger partial charge in [0.05, 0.1) is 6.61 Å². The number of halogens is 1. The molecule has 1 aromatic carbocycles. The van der Waals surface area contributed by atoms with E-state index in [0.717, 1.165) is 10.0 Å². The number of carbonyl (C=O) groups excluding carboxylic acids is 1. The number of amides is 2. The molecule has 1 aromatic rings. The Bertz CT molecular complexity index is 435. The SMILES string of the molecule is CN(CCO)C(=O)NCC(C)(C)c1ccccc1Br. The number of aliphatic hydroxyl groups is 1. The van der Waals surface area contributed by atoms with Gasteiger partial charge in [-0.3, -0.25) is 0 Å². The van der Waals surface area contributed by atoms with E-state index in [1.807, 2.05) is 24.3 Å². The van der Waals surface area contributed by atoms with Gasteiger partial charge in [-0.1, -0.05) is 48.0 Å². The predicted molar refractivity (Wildman–Crippen MR) is 80.3 cm³/mol. The standard InChI is InChI=1S/C14H21BrN2O2/c1-14(2,11-6-4-5-7-12(11)15)10-16-13(19)17(3)8-9-18/h4-7,18H,8-10H2,1-3H3,(H,16,19). The first-order chi connectivity index (χ1) is 8.88. The van der Waals surface area contributed by atoms with Gasteiger partial charge in [0.1, 0.15) is 0 Å². The average molecular weight is 329 g/mol. The first kappa shape index (κ1) is 16.0. The third-order valence-electron chi connectivity index (χ3n) is 3.07. The molecule has 0 fully saturated rings. The monoisotopic (exact) mass is 328 g/mol. The molecule has 0 heterocycles. The molecular formula is C14H21BrN2O2. The highest BCUT2D eigenvalue weighted by Crippen LogP contribution is 2.29. The number of aliphatic hydroxyl groups excluding tert-OH is 1. The van der Waals surface area contributed by atoms with Crippen LogP contribution in [-0.2, 0) is 5.41 Å². The molecule has 2 N–H and O–H groups in total. The van der Waals surface area contributed by atoms with Gasteiger partial charge < -0.3 is 15.3 Å². The van der Waals surface area contributed by atoms with Crippen LogP contribution in [0.1, 0.15) is 19.4 Å². The fraction of sp³-hybridized carbons (Fsp3) is 0.500. The zero-order valence-electron chi connectivity index (χ0n) is 11.6. The minimum Gasteiger partial charge on any atom is -0.395 e. The highest BCUT2D eigenvalue weighted by molar-refractivity contribution is 9.10. The minimum atomic E-state index is -0.172. The van der Waals surface area contributed by atoms with Crippen molar-refractivity contribution in [1.29, 1.82) is 0 Å². The lowest BCUT2D eigenvalue weighted by Gasteiger charge is -2.28. The molecule has 5 heteroatoms. The summed E-state index contributed by atoms with van der Waals surface area (Å²) in [7, 11) is 1.66. The van der Waals surface area contributed by atoms with Crippen LogP contribution in [0.25, 0.3) is 0 Å². The van der Waals surface area contributed by atoms with Gasteiger partial charge in [-0.05, 0) is 11.6 Å². The first-order valence-electron chi connectivity index (χ1n) is 6.23. The maximum atomic E-state index is 11.8. The van der Waals surface area contributed by atoms with Crippen LogP contribution in [0.4, 0.5) is 4.79 Å². The Kier molecular flexibility index (Phi) is 5.82. The van der Waals surface area contributed by atoms with Crippen LogP contribution in [0.3, 0.4) is 0 Å². The summed E-state index contributed by atoms with van der Waals surface area (Å²) in [5.74, 6) is 0. The molecule has 0 atom stereocenters. The number of nitrogens with zero attached hydrogens (tertiary/aromatic N) is 1. The Balaban J connectivity index is 2.66. The van der Waals surface area contributed by atoms with Crippen molar-refractivity contribution in [3.05, 3.63) is 34.3 Å². The third-order valence-corrected chi connectivity index (χ3v) is 3.76. The highest BCUT2D eigenvalue weighted by Gasteiger charge is 2.24. The number of hydrogen-bond donors (Lipinski definition) is 2. The summed E-state index contributed by atoms with van der Waals surface area (Å²) in [6.07, 6.45) is 0. The summed E-state index contributed by atoms with van der Waals surface area (Å²) in [4.78, 5) is 13.3. The van der Waals surface area contributed by atoms with E-state index in [4.69, 9.17) is 5.11 Å². The quantitative estimate of drug-likeness (QED) is 0.871. The van der Waals surface area contributed by atoms with Gasteiger partial charge in [0.2, 0.25) is 0 Å². The molecule has 0 aliphatic carbocycles. The normalized spacial score (nSPS) is 11.2. The van der Waals surface area contributed by atoms with Crippen LogP contribution in [0.5, 0.6) is 0 Å². The maximum absolute atomic E-state index is 11.8. The zero-order chi connectivity index (χ0) is 14.5. The fourth-order valence-electron chi connectivity index (χ4n) is 1.79. The van der Waals surface area contributed by atoms with Crippen molar-refractivity contribution in [3.8, 4) is 0 Å². The summed E-state index contributed by atoms with van der Waals surface area (Å²) in [5.41, 5.74) is 0.982. The molecule has 0 unspecified atom stereocenters. The molecular weight excluding hydrogens is 308 g/mol. The number of rotatable bonds is 5. The smallest absolute Gasteiger partial charge is 0.317 e. The van der Waals surface area contributed by atoms with Gasteiger partial charge in [0, 0.05) is 30.0 Å². The molecule has 2 amide bonds. The lowest BCUT2D eigenvalue weighted by atomic mass is 9.84. The van der Waals surface area contributed by atoms with Crippen molar-refractivity contribution < 1.29 is 9.90 Å². The molecule has 106 valence electrons. The highest BCUT2D eigenvalue weighted by atomic mass is 79.9. The molecule has 0 aromatic heterocycles. The molecule has 19 heavy (non-hydrogen) atoms. The van der Waals surface area contributed by atoms with Crippen molar-refractivity contribution in [3.63, 3.8) is 0 Å². The third kappa shape index (κ3) is 4.51. The molecule has 0 aliphatic rings. The average Bonchev–Trinajstić information content (AvgIpc) is 2.36. The summed E-state index contributed by atoms with van der Waals surface area (Å²) >= 11 is 3.54. The lowest BCUT2D eigenvalue weighted by molar-refractivity contribution is 0.188. The van der Waals surface area contributed by atoms with E-state index < -0.39 is 0 Å². The number of urea groups is 1. The van der Waals surface area contributed by atoms with Crippen molar-refractivity contribution >= 4 is 22.0 Å².